The first-order valence-corrected chi connectivity index (χ1v) is 11.3. The number of hydrogen-bond donors (Lipinski definition) is 2. The third kappa shape index (κ3) is 6.93. The van der Waals surface area contributed by atoms with E-state index in [0.29, 0.717) is 6.04 Å². The maximum atomic E-state index is 12.9. The van der Waals surface area contributed by atoms with E-state index in [9.17, 15) is 9.59 Å². The summed E-state index contributed by atoms with van der Waals surface area (Å²) in [4.78, 5) is 27.0. The first kappa shape index (κ1) is 23.0. The topological polar surface area (TPSA) is 61.4 Å². The highest BCUT2D eigenvalue weighted by atomic mass is 16.2. The number of nitrogens with one attached hydrogen (secondary N) is 2. The van der Waals surface area contributed by atoms with Gasteiger partial charge in [-0.25, -0.2) is 0 Å². The van der Waals surface area contributed by atoms with E-state index in [1.165, 1.54) is 39.0 Å². The van der Waals surface area contributed by atoms with Crippen LogP contribution in [0.4, 0.5) is 5.69 Å². The number of carbonyl (C=O) groups is 2. The zero-order valence-electron chi connectivity index (χ0n) is 19.0. The lowest BCUT2D eigenvalue weighted by atomic mass is 9.94. The predicted molar refractivity (Wildman–Crippen MR) is 126 cm³/mol. The Labute approximate surface area is 186 Å². The monoisotopic (exact) mass is 421 g/mol. The number of amides is 2. The number of carbonyl (C=O) groups excluding carboxylic acids is 2. The van der Waals surface area contributed by atoms with Crippen LogP contribution in [0.15, 0.2) is 48.5 Å². The average Bonchev–Trinajstić information content (AvgIpc) is 2.75. The van der Waals surface area contributed by atoms with Crippen molar-refractivity contribution in [2.45, 2.75) is 71.0 Å². The van der Waals surface area contributed by atoms with Crippen molar-refractivity contribution in [2.75, 3.05) is 12.4 Å². The molecule has 166 valence electrons. The van der Waals surface area contributed by atoms with Crippen molar-refractivity contribution in [1.29, 1.82) is 0 Å². The van der Waals surface area contributed by atoms with Gasteiger partial charge in [-0.15, -0.1) is 0 Å². The lowest BCUT2D eigenvalue weighted by Crippen LogP contribution is -2.33. The van der Waals surface area contributed by atoms with Crippen LogP contribution in [0.25, 0.3) is 0 Å². The number of anilines is 1. The molecule has 2 aromatic carbocycles. The Morgan fingerprint density at radius 1 is 1.03 bits per heavy atom. The molecule has 1 atom stereocenters. The van der Waals surface area contributed by atoms with Crippen molar-refractivity contribution in [3.63, 3.8) is 0 Å². The molecule has 0 aromatic heterocycles. The van der Waals surface area contributed by atoms with E-state index in [1.54, 1.807) is 0 Å². The minimum absolute atomic E-state index is 0.105. The molecule has 1 aliphatic rings. The maximum absolute atomic E-state index is 12.9. The largest absolute Gasteiger partial charge is 0.349 e. The summed E-state index contributed by atoms with van der Waals surface area (Å²) in [5.74, 6) is -0.250. The maximum Gasteiger partial charge on any atom is 0.226 e. The Morgan fingerprint density at radius 2 is 1.71 bits per heavy atom. The molecule has 5 nitrogen and oxygen atoms in total. The standard InChI is InChI=1S/C26H35N3O2/c1-19-13-15-21(16-14-19)25(27-20(2)30)17-26(31)28-24-12-8-7-9-22(24)18-29(3)23-10-5-4-6-11-23/h7-9,12-16,23,25H,4-6,10-11,17-18H2,1-3H3,(H,27,30)(H,28,31). The molecule has 2 amide bonds. The Kier molecular flexibility index (Phi) is 8.24. The van der Waals surface area contributed by atoms with Crippen LogP contribution in [-0.2, 0) is 16.1 Å². The number of hydrogen-bond acceptors (Lipinski definition) is 3. The van der Waals surface area contributed by atoms with E-state index in [2.05, 4.69) is 28.6 Å². The summed E-state index contributed by atoms with van der Waals surface area (Å²) in [6, 6.07) is 16.2. The highest BCUT2D eigenvalue weighted by molar-refractivity contribution is 5.92. The third-order valence-corrected chi connectivity index (χ3v) is 6.16. The minimum atomic E-state index is -0.352. The third-order valence-electron chi connectivity index (χ3n) is 6.16. The number of aryl methyl sites for hydroxylation is 1. The van der Waals surface area contributed by atoms with Gasteiger partial charge in [0.15, 0.2) is 0 Å². The van der Waals surface area contributed by atoms with Gasteiger partial charge >= 0.3 is 0 Å². The van der Waals surface area contributed by atoms with E-state index in [1.807, 2.05) is 49.4 Å². The summed E-state index contributed by atoms with van der Waals surface area (Å²) in [6.07, 6.45) is 6.64. The molecule has 1 aliphatic carbocycles. The smallest absolute Gasteiger partial charge is 0.226 e. The van der Waals surface area contributed by atoms with Gasteiger partial charge in [0.2, 0.25) is 11.8 Å². The summed E-state index contributed by atoms with van der Waals surface area (Å²) in [5.41, 5.74) is 4.04. The van der Waals surface area contributed by atoms with Crippen LogP contribution in [0.2, 0.25) is 0 Å². The van der Waals surface area contributed by atoms with Gasteiger partial charge < -0.3 is 10.6 Å². The lowest BCUT2D eigenvalue weighted by molar-refractivity contribution is -0.120. The number of nitrogens with zero attached hydrogens (tertiary/aromatic N) is 1. The summed E-state index contributed by atoms with van der Waals surface area (Å²) in [7, 11) is 2.18. The molecule has 31 heavy (non-hydrogen) atoms. The van der Waals surface area contributed by atoms with Crippen molar-refractivity contribution < 1.29 is 9.59 Å². The lowest BCUT2D eigenvalue weighted by Gasteiger charge is -2.31. The Balaban J connectivity index is 1.67. The number of benzene rings is 2. The van der Waals surface area contributed by atoms with E-state index >= 15 is 0 Å². The van der Waals surface area contributed by atoms with Crippen LogP contribution in [-0.4, -0.2) is 29.8 Å². The summed E-state index contributed by atoms with van der Waals surface area (Å²) >= 11 is 0. The first-order valence-electron chi connectivity index (χ1n) is 11.3. The number of para-hydroxylation sites is 1. The molecule has 2 N–H and O–H groups in total. The molecule has 1 fully saturated rings. The zero-order chi connectivity index (χ0) is 22.2. The molecule has 1 unspecified atom stereocenters. The molecule has 0 saturated heterocycles. The first-order chi connectivity index (χ1) is 14.9. The molecular formula is C26H35N3O2. The SMILES string of the molecule is CC(=O)NC(CC(=O)Nc1ccccc1CN(C)C1CCCCC1)c1ccc(C)cc1. The normalized spacial score (nSPS) is 15.5. The minimum Gasteiger partial charge on any atom is -0.349 e. The molecule has 0 aliphatic heterocycles. The van der Waals surface area contributed by atoms with Gasteiger partial charge in [0, 0.05) is 25.2 Å². The molecule has 3 rings (SSSR count). The molecule has 0 radical (unpaired) electrons. The van der Waals surface area contributed by atoms with Crippen molar-refractivity contribution >= 4 is 17.5 Å². The highest BCUT2D eigenvalue weighted by Crippen LogP contribution is 2.25. The zero-order valence-corrected chi connectivity index (χ0v) is 19.0. The van der Waals surface area contributed by atoms with Crippen LogP contribution in [0.1, 0.15) is 68.2 Å². The van der Waals surface area contributed by atoms with Gasteiger partial charge in [-0.3, -0.25) is 14.5 Å². The summed E-state index contributed by atoms with van der Waals surface area (Å²) in [5, 5.41) is 6.00. The van der Waals surface area contributed by atoms with E-state index in [4.69, 9.17) is 0 Å². The summed E-state index contributed by atoms with van der Waals surface area (Å²) < 4.78 is 0. The average molecular weight is 422 g/mol. The fourth-order valence-electron chi connectivity index (χ4n) is 4.38. The quantitative estimate of drug-likeness (QED) is 0.633. The van der Waals surface area contributed by atoms with Crippen molar-refractivity contribution in [1.82, 2.24) is 10.2 Å². The van der Waals surface area contributed by atoms with Crippen molar-refractivity contribution in [3.05, 3.63) is 65.2 Å². The Morgan fingerprint density at radius 3 is 2.39 bits per heavy atom. The summed E-state index contributed by atoms with van der Waals surface area (Å²) in [6.45, 7) is 4.31. The van der Waals surface area contributed by atoms with Crippen LogP contribution in [0.5, 0.6) is 0 Å². The second-order valence-electron chi connectivity index (χ2n) is 8.78. The van der Waals surface area contributed by atoms with Crippen LogP contribution < -0.4 is 10.6 Å². The molecule has 0 heterocycles. The van der Waals surface area contributed by atoms with Gasteiger partial charge in [0.1, 0.15) is 0 Å². The molecule has 0 bridgehead atoms. The molecule has 0 spiro atoms. The highest BCUT2D eigenvalue weighted by Gasteiger charge is 2.20. The second kappa shape index (κ2) is 11.1. The van der Waals surface area contributed by atoms with Crippen LogP contribution in [0.3, 0.4) is 0 Å². The Hall–Kier alpha value is -2.66. The van der Waals surface area contributed by atoms with Gasteiger partial charge in [0.05, 0.1) is 12.5 Å². The van der Waals surface area contributed by atoms with Gasteiger partial charge in [-0.2, -0.15) is 0 Å². The molecular weight excluding hydrogens is 386 g/mol. The van der Waals surface area contributed by atoms with E-state index in [-0.39, 0.29) is 24.3 Å². The van der Waals surface area contributed by atoms with Crippen molar-refractivity contribution in [2.24, 2.45) is 0 Å². The van der Waals surface area contributed by atoms with Crippen LogP contribution >= 0.6 is 0 Å². The predicted octanol–water partition coefficient (Wildman–Crippen LogP) is 4.97. The molecule has 2 aromatic rings. The second-order valence-corrected chi connectivity index (χ2v) is 8.78. The van der Waals surface area contributed by atoms with Crippen molar-refractivity contribution in [3.8, 4) is 0 Å². The molecule has 1 saturated carbocycles. The van der Waals surface area contributed by atoms with Gasteiger partial charge in [0.25, 0.3) is 0 Å². The fourth-order valence-corrected chi connectivity index (χ4v) is 4.38. The van der Waals surface area contributed by atoms with E-state index < -0.39 is 0 Å². The van der Waals surface area contributed by atoms with Crippen LogP contribution in [0, 0.1) is 6.92 Å². The number of rotatable bonds is 8. The van der Waals surface area contributed by atoms with Gasteiger partial charge in [-0.1, -0.05) is 67.3 Å². The Bertz CT molecular complexity index is 872. The fraction of sp³-hybridized carbons (Fsp3) is 0.462. The van der Waals surface area contributed by atoms with E-state index in [0.717, 1.165) is 28.9 Å². The molecule has 5 heteroatoms. The van der Waals surface area contributed by atoms with Gasteiger partial charge in [-0.05, 0) is 44.0 Å².